The summed E-state index contributed by atoms with van der Waals surface area (Å²) in [7, 11) is 2.08. The molecule has 3 rings (SSSR count). The van der Waals surface area contributed by atoms with Gasteiger partial charge in [-0.05, 0) is 30.0 Å². The number of halogens is 1. The van der Waals surface area contributed by atoms with E-state index in [4.69, 9.17) is 11.6 Å². The number of hydrogen-bond donors (Lipinski definition) is 0. The first kappa shape index (κ1) is 16.8. The van der Waals surface area contributed by atoms with Crippen molar-refractivity contribution in [2.45, 2.75) is 55.9 Å². The average Bonchev–Trinajstić information content (AvgIpc) is 2.93. The van der Waals surface area contributed by atoms with Crippen LogP contribution < -0.4 is 0 Å². The normalized spacial score (nSPS) is 15.9. The van der Waals surface area contributed by atoms with E-state index in [-0.39, 0.29) is 0 Å². The molecule has 0 unspecified atom stereocenters. The van der Waals surface area contributed by atoms with Gasteiger partial charge in [0.25, 0.3) is 0 Å². The molecule has 124 valence electrons. The Balaban J connectivity index is 1.52. The number of rotatable bonds is 6. The molecule has 1 saturated carbocycles. The highest BCUT2D eigenvalue weighted by atomic mass is 35.5. The Morgan fingerprint density at radius 3 is 2.61 bits per heavy atom. The zero-order valence-electron chi connectivity index (χ0n) is 13.7. The lowest BCUT2D eigenvalue weighted by Crippen LogP contribution is -2.09. The molecule has 1 heterocycles. The highest BCUT2D eigenvalue weighted by Gasteiger charge is 2.15. The predicted molar refractivity (Wildman–Crippen MR) is 96.9 cm³/mol. The van der Waals surface area contributed by atoms with Crippen molar-refractivity contribution in [3.63, 3.8) is 0 Å². The molecule has 0 atom stereocenters. The van der Waals surface area contributed by atoms with Crippen LogP contribution in [0.2, 0.25) is 5.02 Å². The van der Waals surface area contributed by atoms with E-state index >= 15 is 0 Å². The van der Waals surface area contributed by atoms with E-state index in [0.29, 0.717) is 0 Å². The van der Waals surface area contributed by atoms with Crippen molar-refractivity contribution in [3.05, 3.63) is 40.7 Å². The van der Waals surface area contributed by atoms with Crippen molar-refractivity contribution in [3.8, 4) is 0 Å². The van der Waals surface area contributed by atoms with Crippen LogP contribution in [0.25, 0.3) is 0 Å². The summed E-state index contributed by atoms with van der Waals surface area (Å²) in [6, 6.07) is 8.00. The maximum Gasteiger partial charge on any atom is 0.191 e. The molecular weight excluding hydrogens is 326 g/mol. The zero-order valence-corrected chi connectivity index (χ0v) is 15.2. The fraction of sp³-hybridized carbons (Fsp3) is 0.556. The van der Waals surface area contributed by atoms with E-state index in [1.54, 1.807) is 11.8 Å². The number of hydrogen-bond acceptors (Lipinski definition) is 3. The van der Waals surface area contributed by atoms with Gasteiger partial charge in [0.05, 0.1) is 0 Å². The smallest absolute Gasteiger partial charge is 0.191 e. The van der Waals surface area contributed by atoms with Crippen LogP contribution in [0.15, 0.2) is 29.4 Å². The molecule has 1 aromatic carbocycles. The van der Waals surface area contributed by atoms with E-state index in [0.717, 1.165) is 34.1 Å². The zero-order chi connectivity index (χ0) is 16.1. The van der Waals surface area contributed by atoms with Crippen molar-refractivity contribution < 1.29 is 0 Å². The molecule has 0 radical (unpaired) electrons. The molecule has 2 aromatic rings. The number of aromatic nitrogens is 3. The Kier molecular flexibility index (Phi) is 6.01. The molecule has 0 aliphatic heterocycles. The Labute approximate surface area is 147 Å². The standard InChI is InChI=1S/C18H24ClN3S/c1-22-17(12-9-14-5-3-2-4-6-14)20-21-18(22)23-13-15-7-10-16(19)11-8-15/h7-8,10-11,14H,2-6,9,12-13H2,1H3. The van der Waals surface area contributed by atoms with E-state index in [2.05, 4.69) is 33.9 Å². The molecule has 1 fully saturated rings. The van der Waals surface area contributed by atoms with Crippen LogP contribution in [0.1, 0.15) is 49.9 Å². The van der Waals surface area contributed by atoms with Gasteiger partial charge in [0, 0.05) is 24.2 Å². The van der Waals surface area contributed by atoms with Gasteiger partial charge in [-0.25, -0.2) is 0 Å². The van der Waals surface area contributed by atoms with Crippen LogP contribution in [0.4, 0.5) is 0 Å². The second kappa shape index (κ2) is 8.20. The van der Waals surface area contributed by atoms with Crippen molar-refractivity contribution in [1.29, 1.82) is 0 Å². The van der Waals surface area contributed by atoms with Gasteiger partial charge in [-0.1, -0.05) is 67.6 Å². The number of aryl methyl sites for hydroxylation is 1. The Hall–Kier alpha value is -1.00. The molecule has 1 aromatic heterocycles. The van der Waals surface area contributed by atoms with Gasteiger partial charge >= 0.3 is 0 Å². The number of benzene rings is 1. The average molecular weight is 350 g/mol. The molecule has 0 saturated heterocycles. The minimum Gasteiger partial charge on any atom is -0.309 e. The molecule has 23 heavy (non-hydrogen) atoms. The lowest BCUT2D eigenvalue weighted by Gasteiger charge is -2.20. The number of nitrogens with zero attached hydrogens (tertiary/aromatic N) is 3. The minimum atomic E-state index is 0.780. The summed E-state index contributed by atoms with van der Waals surface area (Å²) in [5, 5.41) is 10.5. The van der Waals surface area contributed by atoms with Gasteiger partial charge in [0.2, 0.25) is 0 Å². The van der Waals surface area contributed by atoms with Crippen LogP contribution in [0, 0.1) is 5.92 Å². The quantitative estimate of drug-likeness (QED) is 0.665. The molecule has 0 spiro atoms. The van der Waals surface area contributed by atoms with Crippen molar-refractivity contribution in [2.24, 2.45) is 13.0 Å². The SMILES string of the molecule is Cn1c(CCC2CCCCC2)nnc1SCc1ccc(Cl)cc1. The summed E-state index contributed by atoms with van der Waals surface area (Å²) in [5.41, 5.74) is 1.26. The van der Waals surface area contributed by atoms with Gasteiger partial charge in [-0.15, -0.1) is 10.2 Å². The third-order valence-electron chi connectivity index (χ3n) is 4.71. The van der Waals surface area contributed by atoms with Crippen LogP contribution >= 0.6 is 23.4 Å². The molecule has 0 N–H and O–H groups in total. The summed E-state index contributed by atoms with van der Waals surface area (Å²) >= 11 is 7.66. The van der Waals surface area contributed by atoms with Gasteiger partial charge in [-0.2, -0.15) is 0 Å². The highest BCUT2D eigenvalue weighted by Crippen LogP contribution is 2.28. The van der Waals surface area contributed by atoms with E-state index in [1.807, 2.05) is 12.1 Å². The maximum atomic E-state index is 5.92. The lowest BCUT2D eigenvalue weighted by molar-refractivity contribution is 0.336. The van der Waals surface area contributed by atoms with Crippen LogP contribution in [-0.2, 0) is 19.2 Å². The molecular formula is C18H24ClN3S. The van der Waals surface area contributed by atoms with Gasteiger partial charge < -0.3 is 4.57 Å². The lowest BCUT2D eigenvalue weighted by atomic mass is 9.86. The summed E-state index contributed by atoms with van der Waals surface area (Å²) < 4.78 is 2.16. The molecule has 5 heteroatoms. The van der Waals surface area contributed by atoms with Gasteiger partial charge in [0.15, 0.2) is 5.16 Å². The third kappa shape index (κ3) is 4.74. The first-order valence-corrected chi connectivity index (χ1v) is 9.84. The minimum absolute atomic E-state index is 0.780. The monoisotopic (exact) mass is 349 g/mol. The molecule has 0 amide bonds. The van der Waals surface area contributed by atoms with Crippen LogP contribution in [0.3, 0.4) is 0 Å². The summed E-state index contributed by atoms with van der Waals surface area (Å²) in [4.78, 5) is 0. The Morgan fingerprint density at radius 2 is 1.87 bits per heavy atom. The molecule has 1 aliphatic rings. The maximum absolute atomic E-state index is 5.92. The van der Waals surface area contributed by atoms with Crippen molar-refractivity contribution >= 4 is 23.4 Å². The third-order valence-corrected chi connectivity index (χ3v) is 6.05. The predicted octanol–water partition coefficient (Wildman–Crippen LogP) is 5.27. The van der Waals surface area contributed by atoms with E-state index in [1.165, 1.54) is 44.1 Å². The first-order chi connectivity index (χ1) is 11.2. The fourth-order valence-electron chi connectivity index (χ4n) is 3.23. The topological polar surface area (TPSA) is 30.7 Å². The fourth-order valence-corrected chi connectivity index (χ4v) is 4.24. The van der Waals surface area contributed by atoms with Crippen LogP contribution in [0.5, 0.6) is 0 Å². The molecule has 3 nitrogen and oxygen atoms in total. The van der Waals surface area contributed by atoms with E-state index < -0.39 is 0 Å². The van der Waals surface area contributed by atoms with Crippen molar-refractivity contribution in [1.82, 2.24) is 14.8 Å². The summed E-state index contributed by atoms with van der Waals surface area (Å²) in [6.07, 6.45) is 9.35. The number of thioether (sulfide) groups is 1. The summed E-state index contributed by atoms with van der Waals surface area (Å²) in [6.45, 7) is 0. The Bertz CT molecular complexity index is 618. The first-order valence-electron chi connectivity index (χ1n) is 8.48. The second-order valence-corrected chi connectivity index (χ2v) is 7.79. The highest BCUT2D eigenvalue weighted by molar-refractivity contribution is 7.98. The Morgan fingerprint density at radius 1 is 1.13 bits per heavy atom. The van der Waals surface area contributed by atoms with Crippen LogP contribution in [-0.4, -0.2) is 14.8 Å². The molecule has 0 bridgehead atoms. The van der Waals surface area contributed by atoms with Crippen molar-refractivity contribution in [2.75, 3.05) is 0 Å². The van der Waals surface area contributed by atoms with Gasteiger partial charge in [0.1, 0.15) is 5.82 Å². The van der Waals surface area contributed by atoms with Gasteiger partial charge in [-0.3, -0.25) is 0 Å². The second-order valence-electron chi connectivity index (χ2n) is 6.42. The van der Waals surface area contributed by atoms with E-state index in [9.17, 15) is 0 Å². The largest absolute Gasteiger partial charge is 0.309 e. The molecule has 1 aliphatic carbocycles. The summed E-state index contributed by atoms with van der Waals surface area (Å²) in [5.74, 6) is 2.91.